The van der Waals surface area contributed by atoms with Crippen molar-refractivity contribution in [2.24, 2.45) is 5.73 Å². The van der Waals surface area contributed by atoms with Crippen LogP contribution < -0.4 is 5.73 Å². The molecular formula is C10H19N3O. The van der Waals surface area contributed by atoms with Gasteiger partial charge in [0.05, 0.1) is 0 Å². The Morgan fingerprint density at radius 2 is 2.21 bits per heavy atom. The maximum atomic E-state index is 11.6. The zero-order chi connectivity index (χ0) is 9.97. The summed E-state index contributed by atoms with van der Waals surface area (Å²) in [6, 6.07) is 0.638. The average Bonchev–Trinajstić information content (AvgIpc) is 2.42. The van der Waals surface area contributed by atoms with Crippen LogP contribution in [-0.2, 0) is 4.79 Å². The molecular weight excluding hydrogens is 178 g/mol. The largest absolute Gasteiger partial charge is 0.330 e. The van der Waals surface area contributed by atoms with E-state index in [0.717, 1.165) is 19.5 Å². The molecule has 1 saturated heterocycles. The van der Waals surface area contributed by atoms with Crippen molar-refractivity contribution in [3.05, 3.63) is 0 Å². The highest BCUT2D eigenvalue weighted by atomic mass is 16.2. The molecule has 0 aromatic carbocycles. The SMILES string of the molecule is NCCCN1C(=O)CCN1C1CCC1. The number of nitrogens with zero attached hydrogens (tertiary/aromatic N) is 2. The molecule has 0 bridgehead atoms. The second-order valence-electron chi connectivity index (χ2n) is 4.16. The normalized spacial score (nSPS) is 24.4. The Hall–Kier alpha value is -0.610. The van der Waals surface area contributed by atoms with Gasteiger partial charge in [-0.3, -0.25) is 9.80 Å². The van der Waals surface area contributed by atoms with Crippen molar-refractivity contribution in [3.8, 4) is 0 Å². The van der Waals surface area contributed by atoms with Gasteiger partial charge >= 0.3 is 0 Å². The molecule has 0 unspecified atom stereocenters. The molecule has 4 heteroatoms. The van der Waals surface area contributed by atoms with E-state index in [9.17, 15) is 4.79 Å². The lowest BCUT2D eigenvalue weighted by molar-refractivity contribution is -0.143. The van der Waals surface area contributed by atoms with E-state index in [2.05, 4.69) is 5.01 Å². The van der Waals surface area contributed by atoms with E-state index < -0.39 is 0 Å². The molecule has 2 rings (SSSR count). The topological polar surface area (TPSA) is 49.6 Å². The Bertz CT molecular complexity index is 215. The van der Waals surface area contributed by atoms with Gasteiger partial charge in [0, 0.05) is 25.6 Å². The van der Waals surface area contributed by atoms with E-state index in [1.165, 1.54) is 19.3 Å². The smallest absolute Gasteiger partial charge is 0.238 e. The van der Waals surface area contributed by atoms with E-state index >= 15 is 0 Å². The van der Waals surface area contributed by atoms with E-state index in [1.54, 1.807) is 0 Å². The number of carbonyl (C=O) groups excluding carboxylic acids is 1. The van der Waals surface area contributed by atoms with Crippen LogP contribution in [0, 0.1) is 0 Å². The third-order valence-electron chi connectivity index (χ3n) is 3.22. The second kappa shape index (κ2) is 4.28. The molecule has 0 atom stereocenters. The van der Waals surface area contributed by atoms with Gasteiger partial charge < -0.3 is 5.73 Å². The first kappa shape index (κ1) is 9.93. The van der Waals surface area contributed by atoms with Gasteiger partial charge in [-0.05, 0) is 25.8 Å². The molecule has 1 aliphatic heterocycles. The standard InChI is InChI=1S/C10H19N3O/c11-6-2-7-13-10(14)5-8-12(13)9-3-1-4-9/h9H,1-8,11H2. The number of hydrogen-bond donors (Lipinski definition) is 1. The van der Waals surface area contributed by atoms with E-state index in [1.807, 2.05) is 5.01 Å². The van der Waals surface area contributed by atoms with Crippen molar-refractivity contribution in [1.82, 2.24) is 10.0 Å². The first-order valence-electron chi connectivity index (χ1n) is 5.60. The number of rotatable bonds is 4. The quantitative estimate of drug-likeness (QED) is 0.707. The zero-order valence-corrected chi connectivity index (χ0v) is 8.61. The van der Waals surface area contributed by atoms with Crippen molar-refractivity contribution in [1.29, 1.82) is 0 Å². The Kier molecular flexibility index (Phi) is 3.03. The van der Waals surface area contributed by atoms with Crippen LogP contribution in [0.25, 0.3) is 0 Å². The summed E-state index contributed by atoms with van der Waals surface area (Å²) in [6.07, 6.45) is 5.44. The Morgan fingerprint density at radius 3 is 2.79 bits per heavy atom. The monoisotopic (exact) mass is 197 g/mol. The van der Waals surface area contributed by atoms with Crippen LogP contribution in [-0.4, -0.2) is 41.6 Å². The van der Waals surface area contributed by atoms with Crippen LogP contribution in [0.4, 0.5) is 0 Å². The summed E-state index contributed by atoms with van der Waals surface area (Å²) in [5.41, 5.74) is 5.46. The minimum absolute atomic E-state index is 0.283. The van der Waals surface area contributed by atoms with Gasteiger partial charge in [0.1, 0.15) is 0 Å². The molecule has 0 aromatic heterocycles. The van der Waals surface area contributed by atoms with Crippen molar-refractivity contribution >= 4 is 5.91 Å². The lowest BCUT2D eigenvalue weighted by atomic mass is 9.92. The number of amides is 1. The Morgan fingerprint density at radius 1 is 1.43 bits per heavy atom. The Labute approximate surface area is 85.0 Å². The summed E-state index contributed by atoms with van der Waals surface area (Å²) in [5, 5.41) is 4.19. The lowest BCUT2D eigenvalue weighted by Crippen LogP contribution is -2.49. The maximum absolute atomic E-state index is 11.6. The first-order valence-corrected chi connectivity index (χ1v) is 5.60. The van der Waals surface area contributed by atoms with Gasteiger partial charge in [-0.15, -0.1) is 0 Å². The molecule has 1 saturated carbocycles. The molecule has 1 heterocycles. The highest BCUT2D eigenvalue weighted by molar-refractivity contribution is 5.77. The summed E-state index contributed by atoms with van der Waals surface area (Å²) in [6.45, 7) is 2.40. The zero-order valence-electron chi connectivity index (χ0n) is 8.61. The molecule has 1 aliphatic carbocycles. The highest BCUT2D eigenvalue weighted by Crippen LogP contribution is 2.29. The maximum Gasteiger partial charge on any atom is 0.238 e. The molecule has 0 spiro atoms. The second-order valence-corrected chi connectivity index (χ2v) is 4.16. The fraction of sp³-hybridized carbons (Fsp3) is 0.900. The molecule has 80 valence electrons. The van der Waals surface area contributed by atoms with Gasteiger partial charge in [-0.1, -0.05) is 6.42 Å². The van der Waals surface area contributed by atoms with Crippen LogP contribution in [0.15, 0.2) is 0 Å². The summed E-state index contributed by atoms with van der Waals surface area (Å²) >= 11 is 0. The summed E-state index contributed by atoms with van der Waals surface area (Å²) in [5.74, 6) is 0.283. The van der Waals surface area contributed by atoms with Gasteiger partial charge in [0.2, 0.25) is 5.91 Å². The fourth-order valence-electron chi connectivity index (χ4n) is 2.16. The van der Waals surface area contributed by atoms with Crippen molar-refractivity contribution in [2.75, 3.05) is 19.6 Å². The number of carbonyl (C=O) groups is 1. The predicted molar refractivity (Wildman–Crippen MR) is 54.3 cm³/mol. The summed E-state index contributed by atoms with van der Waals surface area (Å²) < 4.78 is 0. The summed E-state index contributed by atoms with van der Waals surface area (Å²) in [7, 11) is 0. The third kappa shape index (κ3) is 1.77. The van der Waals surface area contributed by atoms with Crippen LogP contribution in [0.2, 0.25) is 0 Å². The summed E-state index contributed by atoms with van der Waals surface area (Å²) in [4.78, 5) is 11.6. The van der Waals surface area contributed by atoms with Gasteiger partial charge in [0.15, 0.2) is 0 Å². The average molecular weight is 197 g/mol. The molecule has 4 nitrogen and oxygen atoms in total. The van der Waals surface area contributed by atoms with Crippen LogP contribution in [0.3, 0.4) is 0 Å². The number of hydrazine groups is 1. The first-order chi connectivity index (χ1) is 6.83. The minimum Gasteiger partial charge on any atom is -0.330 e. The van der Waals surface area contributed by atoms with Gasteiger partial charge in [0.25, 0.3) is 0 Å². The van der Waals surface area contributed by atoms with Gasteiger partial charge in [-0.25, -0.2) is 5.01 Å². The molecule has 2 fully saturated rings. The van der Waals surface area contributed by atoms with E-state index in [-0.39, 0.29) is 5.91 Å². The molecule has 0 radical (unpaired) electrons. The van der Waals surface area contributed by atoms with Crippen molar-refractivity contribution in [3.63, 3.8) is 0 Å². The minimum atomic E-state index is 0.283. The van der Waals surface area contributed by atoms with E-state index in [4.69, 9.17) is 5.73 Å². The van der Waals surface area contributed by atoms with Crippen LogP contribution in [0.5, 0.6) is 0 Å². The van der Waals surface area contributed by atoms with Crippen LogP contribution in [0.1, 0.15) is 32.1 Å². The third-order valence-corrected chi connectivity index (χ3v) is 3.22. The number of nitrogens with two attached hydrogens (primary N) is 1. The predicted octanol–water partition coefficient (Wildman–Crippen LogP) is 0.337. The molecule has 1 amide bonds. The molecule has 14 heavy (non-hydrogen) atoms. The van der Waals surface area contributed by atoms with Crippen LogP contribution >= 0.6 is 0 Å². The Balaban J connectivity index is 1.90. The fourth-order valence-corrected chi connectivity index (χ4v) is 2.16. The van der Waals surface area contributed by atoms with Crippen molar-refractivity contribution < 1.29 is 4.79 Å². The molecule has 0 aromatic rings. The van der Waals surface area contributed by atoms with Gasteiger partial charge in [-0.2, -0.15) is 0 Å². The molecule has 2 aliphatic rings. The van der Waals surface area contributed by atoms with E-state index in [0.29, 0.717) is 19.0 Å². The number of hydrogen-bond acceptors (Lipinski definition) is 3. The highest BCUT2D eigenvalue weighted by Gasteiger charge is 2.35. The lowest BCUT2D eigenvalue weighted by Gasteiger charge is -2.39. The van der Waals surface area contributed by atoms with Crippen molar-refractivity contribution in [2.45, 2.75) is 38.1 Å². The molecule has 2 N–H and O–H groups in total.